The zero-order valence-electron chi connectivity index (χ0n) is 11.0. The first-order valence-electron chi connectivity index (χ1n) is 6.65. The highest BCUT2D eigenvalue weighted by atomic mass is 16.5. The fourth-order valence-electron chi connectivity index (χ4n) is 1.77. The summed E-state index contributed by atoms with van der Waals surface area (Å²) in [6.45, 7) is 1.71. The second-order valence-corrected chi connectivity index (χ2v) is 4.36. The lowest BCUT2D eigenvalue weighted by Crippen LogP contribution is -2.05. The molecule has 0 aliphatic carbocycles. The van der Waals surface area contributed by atoms with Crippen LogP contribution in [0.3, 0.4) is 0 Å². The number of unbranched alkanes of at least 4 members (excludes halogenated alkanes) is 1. The van der Waals surface area contributed by atoms with Crippen molar-refractivity contribution in [2.45, 2.75) is 12.8 Å². The van der Waals surface area contributed by atoms with Crippen molar-refractivity contribution >= 4 is 5.69 Å². The molecule has 0 aromatic heterocycles. The summed E-state index contributed by atoms with van der Waals surface area (Å²) in [6, 6.07) is 17.8. The lowest BCUT2D eigenvalue weighted by molar-refractivity contribution is 0.483. The Bertz CT molecular complexity index is 468. The van der Waals surface area contributed by atoms with Crippen molar-refractivity contribution in [1.82, 2.24) is 0 Å². The molecular formula is C16H20N2O. The molecule has 0 spiro atoms. The first-order valence-corrected chi connectivity index (χ1v) is 6.65. The van der Waals surface area contributed by atoms with Gasteiger partial charge in [-0.3, -0.25) is 0 Å². The van der Waals surface area contributed by atoms with Gasteiger partial charge in [-0.15, -0.1) is 0 Å². The van der Waals surface area contributed by atoms with E-state index < -0.39 is 0 Å². The van der Waals surface area contributed by atoms with Gasteiger partial charge in [0.1, 0.15) is 11.5 Å². The second kappa shape index (κ2) is 7.44. The normalized spacial score (nSPS) is 10.2. The molecule has 0 saturated heterocycles. The summed E-state index contributed by atoms with van der Waals surface area (Å²) >= 11 is 0. The summed E-state index contributed by atoms with van der Waals surface area (Å²) < 4.78 is 5.73. The van der Waals surface area contributed by atoms with Gasteiger partial charge in [-0.1, -0.05) is 18.2 Å². The molecule has 0 unspecified atom stereocenters. The van der Waals surface area contributed by atoms with E-state index in [1.54, 1.807) is 0 Å². The number of benzene rings is 2. The highest BCUT2D eigenvalue weighted by molar-refractivity contribution is 5.47. The Morgan fingerprint density at radius 1 is 0.842 bits per heavy atom. The lowest BCUT2D eigenvalue weighted by atomic mass is 10.2. The van der Waals surface area contributed by atoms with Gasteiger partial charge in [-0.25, -0.2) is 0 Å². The molecule has 0 radical (unpaired) electrons. The predicted octanol–water partition coefficient (Wildman–Crippen LogP) is 3.63. The van der Waals surface area contributed by atoms with E-state index in [-0.39, 0.29) is 0 Å². The number of hydrogen-bond acceptors (Lipinski definition) is 3. The third kappa shape index (κ3) is 4.64. The summed E-state index contributed by atoms with van der Waals surface area (Å²) in [4.78, 5) is 0. The topological polar surface area (TPSA) is 47.3 Å². The molecule has 2 rings (SSSR count). The number of nitrogens with two attached hydrogens (primary N) is 1. The zero-order valence-corrected chi connectivity index (χ0v) is 11.0. The maximum Gasteiger partial charge on any atom is 0.127 e. The summed E-state index contributed by atoms with van der Waals surface area (Å²) in [5.41, 5.74) is 6.57. The van der Waals surface area contributed by atoms with Crippen LogP contribution in [0.2, 0.25) is 0 Å². The number of rotatable bonds is 7. The predicted molar refractivity (Wildman–Crippen MR) is 79.7 cm³/mol. The maximum atomic E-state index is 5.73. The van der Waals surface area contributed by atoms with Gasteiger partial charge in [0.05, 0.1) is 0 Å². The van der Waals surface area contributed by atoms with Crippen molar-refractivity contribution in [2.75, 3.05) is 18.4 Å². The van der Waals surface area contributed by atoms with Crippen LogP contribution in [0.4, 0.5) is 5.69 Å². The molecule has 3 nitrogen and oxygen atoms in total. The van der Waals surface area contributed by atoms with E-state index in [1.807, 2.05) is 54.6 Å². The SMILES string of the molecule is NCCCCNc1ccc(Oc2ccccc2)cc1. The Morgan fingerprint density at radius 3 is 2.21 bits per heavy atom. The minimum Gasteiger partial charge on any atom is -0.457 e. The van der Waals surface area contributed by atoms with Crippen LogP contribution in [-0.2, 0) is 0 Å². The summed E-state index contributed by atoms with van der Waals surface area (Å²) in [5.74, 6) is 1.70. The third-order valence-electron chi connectivity index (χ3n) is 2.79. The number of ether oxygens (including phenoxy) is 1. The van der Waals surface area contributed by atoms with Crippen molar-refractivity contribution in [2.24, 2.45) is 5.73 Å². The van der Waals surface area contributed by atoms with Gasteiger partial charge in [-0.2, -0.15) is 0 Å². The van der Waals surface area contributed by atoms with Crippen LogP contribution in [0.5, 0.6) is 11.5 Å². The van der Waals surface area contributed by atoms with Crippen LogP contribution in [0.15, 0.2) is 54.6 Å². The molecule has 0 atom stereocenters. The fourth-order valence-corrected chi connectivity index (χ4v) is 1.77. The van der Waals surface area contributed by atoms with Crippen molar-refractivity contribution < 1.29 is 4.74 Å². The van der Waals surface area contributed by atoms with E-state index >= 15 is 0 Å². The molecule has 0 saturated carbocycles. The Labute approximate surface area is 114 Å². The molecule has 0 aliphatic heterocycles. The molecule has 0 aliphatic rings. The Hall–Kier alpha value is -2.00. The van der Waals surface area contributed by atoms with Crippen molar-refractivity contribution in [3.05, 3.63) is 54.6 Å². The summed E-state index contributed by atoms with van der Waals surface area (Å²) in [7, 11) is 0. The molecule has 0 bridgehead atoms. The van der Waals surface area contributed by atoms with E-state index in [2.05, 4.69) is 5.32 Å². The molecule has 0 heterocycles. The van der Waals surface area contributed by atoms with Crippen LogP contribution < -0.4 is 15.8 Å². The summed E-state index contributed by atoms with van der Waals surface area (Å²) in [6.07, 6.45) is 2.15. The van der Waals surface area contributed by atoms with Gasteiger partial charge in [-0.05, 0) is 55.8 Å². The number of hydrogen-bond donors (Lipinski definition) is 2. The van der Waals surface area contributed by atoms with E-state index in [1.165, 1.54) is 0 Å². The Balaban J connectivity index is 1.84. The van der Waals surface area contributed by atoms with Crippen molar-refractivity contribution in [3.8, 4) is 11.5 Å². The molecule has 0 fully saturated rings. The van der Waals surface area contributed by atoms with Gasteiger partial charge in [0, 0.05) is 12.2 Å². The van der Waals surface area contributed by atoms with E-state index in [0.29, 0.717) is 0 Å². The third-order valence-corrected chi connectivity index (χ3v) is 2.79. The zero-order chi connectivity index (χ0) is 13.3. The lowest BCUT2D eigenvalue weighted by Gasteiger charge is -2.08. The van der Waals surface area contributed by atoms with Gasteiger partial charge in [0.2, 0.25) is 0 Å². The highest BCUT2D eigenvalue weighted by Gasteiger charge is 1.97. The first kappa shape index (κ1) is 13.4. The van der Waals surface area contributed by atoms with Gasteiger partial charge >= 0.3 is 0 Å². The maximum absolute atomic E-state index is 5.73. The van der Waals surface area contributed by atoms with Crippen LogP contribution in [0, 0.1) is 0 Å². The molecule has 0 amide bonds. The van der Waals surface area contributed by atoms with Crippen LogP contribution in [0.25, 0.3) is 0 Å². The fraction of sp³-hybridized carbons (Fsp3) is 0.250. The highest BCUT2D eigenvalue weighted by Crippen LogP contribution is 2.22. The average Bonchev–Trinajstić information content (AvgIpc) is 2.46. The molecule has 3 N–H and O–H groups in total. The van der Waals surface area contributed by atoms with Gasteiger partial charge in [0.25, 0.3) is 0 Å². The van der Waals surface area contributed by atoms with Crippen LogP contribution >= 0.6 is 0 Å². The number of anilines is 1. The van der Waals surface area contributed by atoms with Crippen molar-refractivity contribution in [1.29, 1.82) is 0 Å². The monoisotopic (exact) mass is 256 g/mol. The number of nitrogens with one attached hydrogen (secondary N) is 1. The Morgan fingerprint density at radius 2 is 1.53 bits per heavy atom. The van der Waals surface area contributed by atoms with E-state index in [4.69, 9.17) is 10.5 Å². The quantitative estimate of drug-likeness (QED) is 0.744. The van der Waals surface area contributed by atoms with E-state index in [9.17, 15) is 0 Å². The second-order valence-electron chi connectivity index (χ2n) is 4.36. The van der Waals surface area contributed by atoms with Crippen LogP contribution in [0.1, 0.15) is 12.8 Å². The Kier molecular flexibility index (Phi) is 5.26. The van der Waals surface area contributed by atoms with Crippen LogP contribution in [-0.4, -0.2) is 13.1 Å². The molecule has 2 aromatic rings. The number of para-hydroxylation sites is 1. The molecule has 3 heteroatoms. The molecular weight excluding hydrogens is 236 g/mol. The van der Waals surface area contributed by atoms with Gasteiger partial charge < -0.3 is 15.8 Å². The minimum absolute atomic E-state index is 0.755. The first-order chi connectivity index (χ1) is 9.38. The van der Waals surface area contributed by atoms with E-state index in [0.717, 1.165) is 43.1 Å². The average molecular weight is 256 g/mol. The molecule has 19 heavy (non-hydrogen) atoms. The largest absolute Gasteiger partial charge is 0.457 e. The minimum atomic E-state index is 0.755. The smallest absolute Gasteiger partial charge is 0.127 e. The van der Waals surface area contributed by atoms with Gasteiger partial charge in [0.15, 0.2) is 0 Å². The molecule has 100 valence electrons. The van der Waals surface area contributed by atoms with Crippen molar-refractivity contribution in [3.63, 3.8) is 0 Å². The standard InChI is InChI=1S/C16H20N2O/c17-12-4-5-13-18-14-8-10-16(11-9-14)19-15-6-2-1-3-7-15/h1-3,6-11,18H,4-5,12-13,17H2. The molecule has 2 aromatic carbocycles. The summed E-state index contributed by atoms with van der Waals surface area (Å²) in [5, 5.41) is 3.36.